The van der Waals surface area contributed by atoms with Gasteiger partial charge in [0.1, 0.15) is 6.07 Å². The topological polar surface area (TPSA) is 67.4 Å². The standard InChI is InChI=1S/C9H7N5/c1-7-8(5-10)6-14(13-7)9-11-3-2-4-12-9/h2-4,6H,1H3. The van der Waals surface area contributed by atoms with E-state index in [2.05, 4.69) is 15.1 Å². The summed E-state index contributed by atoms with van der Waals surface area (Å²) in [5.74, 6) is 0.470. The van der Waals surface area contributed by atoms with Crippen molar-refractivity contribution in [2.24, 2.45) is 0 Å². The van der Waals surface area contributed by atoms with Crippen LogP contribution in [0.2, 0.25) is 0 Å². The number of hydrogen-bond acceptors (Lipinski definition) is 4. The first-order valence-electron chi connectivity index (χ1n) is 4.05. The normalized spacial score (nSPS) is 9.71. The lowest BCUT2D eigenvalue weighted by Crippen LogP contribution is -2.00. The van der Waals surface area contributed by atoms with Crippen LogP contribution >= 0.6 is 0 Å². The van der Waals surface area contributed by atoms with Crippen molar-refractivity contribution in [1.82, 2.24) is 19.7 Å². The largest absolute Gasteiger partial charge is 0.250 e. The summed E-state index contributed by atoms with van der Waals surface area (Å²) in [5.41, 5.74) is 1.22. The Morgan fingerprint density at radius 1 is 1.36 bits per heavy atom. The van der Waals surface area contributed by atoms with Gasteiger partial charge in [0, 0.05) is 12.4 Å². The van der Waals surface area contributed by atoms with Crippen LogP contribution in [0.25, 0.3) is 5.95 Å². The van der Waals surface area contributed by atoms with Crippen LogP contribution in [0, 0.1) is 18.3 Å². The summed E-state index contributed by atoms with van der Waals surface area (Å²) >= 11 is 0. The molecule has 2 heterocycles. The zero-order chi connectivity index (χ0) is 9.97. The molecule has 0 aliphatic carbocycles. The fourth-order valence-electron chi connectivity index (χ4n) is 1.08. The van der Waals surface area contributed by atoms with E-state index < -0.39 is 0 Å². The molecule has 0 aliphatic rings. The van der Waals surface area contributed by atoms with Crippen LogP contribution in [-0.4, -0.2) is 19.7 Å². The minimum Gasteiger partial charge on any atom is -0.220 e. The first-order valence-corrected chi connectivity index (χ1v) is 4.05. The van der Waals surface area contributed by atoms with Gasteiger partial charge in [-0.25, -0.2) is 14.6 Å². The molecule has 5 nitrogen and oxygen atoms in total. The number of aryl methyl sites for hydroxylation is 1. The lowest BCUT2D eigenvalue weighted by atomic mass is 10.3. The third-order valence-electron chi connectivity index (χ3n) is 1.78. The highest BCUT2D eigenvalue weighted by atomic mass is 15.3. The van der Waals surface area contributed by atoms with Crippen molar-refractivity contribution in [3.05, 3.63) is 35.9 Å². The number of aromatic nitrogens is 4. The molecule has 0 saturated carbocycles. The summed E-state index contributed by atoms with van der Waals surface area (Å²) in [4.78, 5) is 8.04. The Morgan fingerprint density at radius 3 is 2.64 bits per heavy atom. The lowest BCUT2D eigenvalue weighted by Gasteiger charge is -1.95. The Labute approximate surface area is 80.7 Å². The van der Waals surface area contributed by atoms with E-state index in [0.29, 0.717) is 17.2 Å². The first-order chi connectivity index (χ1) is 6.81. The molecule has 0 saturated heterocycles. The lowest BCUT2D eigenvalue weighted by molar-refractivity contribution is 0.797. The van der Waals surface area contributed by atoms with Crippen LogP contribution in [0.1, 0.15) is 11.3 Å². The quantitative estimate of drug-likeness (QED) is 0.660. The van der Waals surface area contributed by atoms with Crippen molar-refractivity contribution in [2.45, 2.75) is 6.92 Å². The van der Waals surface area contributed by atoms with Crippen LogP contribution in [-0.2, 0) is 0 Å². The molecule has 0 N–H and O–H groups in total. The van der Waals surface area contributed by atoms with Gasteiger partial charge in [0.2, 0.25) is 5.95 Å². The Morgan fingerprint density at radius 2 is 2.07 bits per heavy atom. The second-order valence-corrected chi connectivity index (χ2v) is 2.73. The monoisotopic (exact) mass is 185 g/mol. The van der Waals surface area contributed by atoms with Crippen molar-refractivity contribution in [3.8, 4) is 12.0 Å². The molecule has 0 spiro atoms. The van der Waals surface area contributed by atoms with E-state index in [0.717, 1.165) is 0 Å². The molecular weight excluding hydrogens is 178 g/mol. The predicted molar refractivity (Wildman–Crippen MR) is 48.6 cm³/mol. The zero-order valence-corrected chi connectivity index (χ0v) is 7.55. The van der Waals surface area contributed by atoms with Crippen LogP contribution in [0.3, 0.4) is 0 Å². The maximum absolute atomic E-state index is 8.73. The molecule has 0 unspecified atom stereocenters. The van der Waals surface area contributed by atoms with Gasteiger partial charge < -0.3 is 0 Å². The summed E-state index contributed by atoms with van der Waals surface area (Å²) < 4.78 is 1.49. The van der Waals surface area contributed by atoms with Crippen LogP contribution in [0.4, 0.5) is 0 Å². The molecule has 68 valence electrons. The van der Waals surface area contributed by atoms with E-state index in [-0.39, 0.29) is 0 Å². The fourth-order valence-corrected chi connectivity index (χ4v) is 1.08. The van der Waals surface area contributed by atoms with Crippen molar-refractivity contribution < 1.29 is 0 Å². The van der Waals surface area contributed by atoms with Crippen molar-refractivity contribution in [1.29, 1.82) is 5.26 Å². The maximum atomic E-state index is 8.73. The molecule has 0 aliphatic heterocycles. The molecule has 14 heavy (non-hydrogen) atoms. The summed E-state index contributed by atoms with van der Waals surface area (Å²) in [5, 5.41) is 12.9. The van der Waals surface area contributed by atoms with E-state index in [1.807, 2.05) is 6.07 Å². The second-order valence-electron chi connectivity index (χ2n) is 2.73. The highest BCUT2D eigenvalue weighted by Gasteiger charge is 2.05. The Kier molecular flexibility index (Phi) is 1.95. The molecule has 5 heteroatoms. The predicted octanol–water partition coefficient (Wildman–Crippen LogP) is 0.842. The van der Waals surface area contributed by atoms with E-state index in [1.54, 1.807) is 31.6 Å². The smallest absolute Gasteiger partial charge is 0.220 e. The molecule has 0 aromatic carbocycles. The number of nitrogens with zero attached hydrogens (tertiary/aromatic N) is 5. The van der Waals surface area contributed by atoms with Gasteiger partial charge >= 0.3 is 0 Å². The molecule has 2 aromatic heterocycles. The van der Waals surface area contributed by atoms with Gasteiger partial charge in [0.15, 0.2) is 0 Å². The number of nitriles is 1. The van der Waals surface area contributed by atoms with E-state index in [9.17, 15) is 0 Å². The summed E-state index contributed by atoms with van der Waals surface area (Å²) in [6.07, 6.45) is 4.88. The third kappa shape index (κ3) is 1.33. The van der Waals surface area contributed by atoms with Gasteiger partial charge in [0.05, 0.1) is 17.5 Å². The van der Waals surface area contributed by atoms with Gasteiger partial charge in [-0.15, -0.1) is 0 Å². The van der Waals surface area contributed by atoms with Crippen LogP contribution < -0.4 is 0 Å². The number of hydrogen-bond donors (Lipinski definition) is 0. The van der Waals surface area contributed by atoms with Gasteiger partial charge in [-0.2, -0.15) is 10.4 Å². The minimum atomic E-state index is 0.470. The molecule has 2 aromatic rings. The van der Waals surface area contributed by atoms with Gasteiger partial charge in [-0.1, -0.05) is 0 Å². The second kappa shape index (κ2) is 3.26. The van der Waals surface area contributed by atoms with Gasteiger partial charge in [-0.05, 0) is 13.0 Å². The first kappa shape index (κ1) is 8.38. The summed E-state index contributed by atoms with van der Waals surface area (Å²) in [6, 6.07) is 3.77. The van der Waals surface area contributed by atoms with Crippen LogP contribution in [0.5, 0.6) is 0 Å². The average Bonchev–Trinajstić information content (AvgIpc) is 2.61. The van der Waals surface area contributed by atoms with E-state index in [1.165, 1.54) is 4.68 Å². The molecule has 0 fully saturated rings. The molecule has 0 radical (unpaired) electrons. The fraction of sp³-hybridized carbons (Fsp3) is 0.111. The molecule has 0 atom stereocenters. The SMILES string of the molecule is Cc1nn(-c2ncccn2)cc1C#N. The Hall–Kier alpha value is -2.22. The van der Waals surface area contributed by atoms with E-state index >= 15 is 0 Å². The van der Waals surface area contributed by atoms with Crippen molar-refractivity contribution >= 4 is 0 Å². The highest BCUT2D eigenvalue weighted by Crippen LogP contribution is 2.06. The molecule has 0 amide bonds. The average molecular weight is 185 g/mol. The molecule has 2 rings (SSSR count). The van der Waals surface area contributed by atoms with Crippen LogP contribution in [0.15, 0.2) is 24.7 Å². The third-order valence-corrected chi connectivity index (χ3v) is 1.78. The molecular formula is C9H7N5. The zero-order valence-electron chi connectivity index (χ0n) is 7.55. The van der Waals surface area contributed by atoms with Gasteiger partial charge in [0.25, 0.3) is 0 Å². The molecule has 0 bridgehead atoms. The summed E-state index contributed by atoms with van der Waals surface area (Å²) in [6.45, 7) is 1.78. The number of rotatable bonds is 1. The highest BCUT2D eigenvalue weighted by molar-refractivity contribution is 5.31. The summed E-state index contributed by atoms with van der Waals surface area (Å²) in [7, 11) is 0. The maximum Gasteiger partial charge on any atom is 0.250 e. The van der Waals surface area contributed by atoms with Gasteiger partial charge in [-0.3, -0.25) is 0 Å². The van der Waals surface area contributed by atoms with Crippen molar-refractivity contribution in [2.75, 3.05) is 0 Å². The van der Waals surface area contributed by atoms with Crippen molar-refractivity contribution in [3.63, 3.8) is 0 Å². The minimum absolute atomic E-state index is 0.470. The van der Waals surface area contributed by atoms with E-state index in [4.69, 9.17) is 5.26 Å². The Bertz CT molecular complexity index is 480. The Balaban J connectivity index is 2.50.